The maximum atomic E-state index is 12.4. The largest absolute Gasteiger partial charge is 0.287 e. The summed E-state index contributed by atoms with van der Waals surface area (Å²) in [5, 5.41) is 1.13. The molecule has 34 heavy (non-hydrogen) atoms. The zero-order chi connectivity index (χ0) is 23.5. The first-order valence-electron chi connectivity index (χ1n) is 11.1. The van der Waals surface area contributed by atoms with Crippen LogP contribution in [0.3, 0.4) is 0 Å². The number of rotatable bonds is 5. The Balaban J connectivity index is 1.41. The Morgan fingerprint density at radius 2 is 1.68 bits per heavy atom. The first-order valence-corrected chi connectivity index (χ1v) is 12.5. The highest BCUT2D eigenvalue weighted by atomic mass is 32.2. The van der Waals surface area contributed by atoms with E-state index in [4.69, 9.17) is 0 Å². The lowest BCUT2D eigenvalue weighted by atomic mass is 9.91. The van der Waals surface area contributed by atoms with Crippen molar-refractivity contribution in [1.29, 1.82) is 0 Å². The molecule has 0 saturated heterocycles. The Morgan fingerprint density at radius 3 is 2.41 bits per heavy atom. The van der Waals surface area contributed by atoms with Crippen molar-refractivity contribution in [3.8, 4) is 11.1 Å². The Hall–Kier alpha value is -3.62. The van der Waals surface area contributed by atoms with Crippen LogP contribution >= 0.6 is 0 Å². The number of benzene rings is 2. The quantitative estimate of drug-likeness (QED) is 0.384. The van der Waals surface area contributed by atoms with Crippen molar-refractivity contribution in [3.63, 3.8) is 0 Å². The maximum absolute atomic E-state index is 12.4. The van der Waals surface area contributed by atoms with E-state index in [1.165, 1.54) is 24.0 Å². The molecular formula is C26H23N5O2S. The molecule has 0 bridgehead atoms. The molecular weight excluding hydrogens is 446 g/mol. The van der Waals surface area contributed by atoms with Crippen molar-refractivity contribution >= 4 is 26.7 Å². The van der Waals surface area contributed by atoms with Gasteiger partial charge in [-0.05, 0) is 54.3 Å². The molecule has 0 radical (unpaired) electrons. The van der Waals surface area contributed by atoms with Crippen molar-refractivity contribution in [3.05, 3.63) is 90.6 Å². The van der Waals surface area contributed by atoms with E-state index in [1.807, 2.05) is 36.8 Å². The minimum absolute atomic E-state index is 0.0899. The number of aromatic nitrogens is 4. The number of imidazole rings is 1. The van der Waals surface area contributed by atoms with Gasteiger partial charge in [-0.2, -0.15) is 0 Å². The fourth-order valence-corrected chi connectivity index (χ4v) is 5.50. The minimum Gasteiger partial charge on any atom is -0.287 e. The summed E-state index contributed by atoms with van der Waals surface area (Å²) in [6.45, 7) is 0. The van der Waals surface area contributed by atoms with Gasteiger partial charge < -0.3 is 0 Å². The molecule has 170 valence electrons. The van der Waals surface area contributed by atoms with Crippen LogP contribution in [-0.4, -0.2) is 46.2 Å². The fourth-order valence-electron chi connectivity index (χ4n) is 4.60. The molecule has 6 rings (SSSR count). The summed E-state index contributed by atoms with van der Waals surface area (Å²) < 4.78 is 28.1. The third-order valence-electron chi connectivity index (χ3n) is 6.73. The minimum atomic E-state index is -3.47. The number of hydrogen-bond donors (Lipinski definition) is 0. The van der Waals surface area contributed by atoms with Gasteiger partial charge in [-0.15, -0.1) is 0 Å². The highest BCUT2D eigenvalue weighted by Crippen LogP contribution is 2.53. The van der Waals surface area contributed by atoms with Gasteiger partial charge >= 0.3 is 0 Å². The Morgan fingerprint density at radius 1 is 0.912 bits per heavy atom. The van der Waals surface area contributed by atoms with Crippen molar-refractivity contribution < 1.29 is 8.42 Å². The van der Waals surface area contributed by atoms with E-state index in [1.54, 1.807) is 18.3 Å². The van der Waals surface area contributed by atoms with Crippen molar-refractivity contribution in [2.24, 2.45) is 0 Å². The van der Waals surface area contributed by atoms with Crippen LogP contribution in [0.5, 0.6) is 0 Å². The Bertz CT molecular complexity index is 1650. The summed E-state index contributed by atoms with van der Waals surface area (Å²) in [7, 11) is -0.409. The van der Waals surface area contributed by atoms with Crippen LogP contribution in [0.1, 0.15) is 24.1 Å². The highest BCUT2D eigenvalue weighted by molar-refractivity contribution is 7.89. The molecule has 0 spiro atoms. The number of fused-ring (bicyclic) bond motifs is 2. The predicted molar refractivity (Wildman–Crippen MR) is 131 cm³/mol. The van der Waals surface area contributed by atoms with Gasteiger partial charge in [0.25, 0.3) is 0 Å². The standard InChI is InChI=1S/C26H23N5O2S/c1-30(2)34(32,33)22-8-5-18(6-9-22)20-15-28-25-29-16-24(31(25)17-20)26(11-12-26)21-7-10-23-19(14-21)4-3-13-27-23/h3-10,13-17H,11-12H2,1-2H3. The number of pyridine rings is 1. The van der Waals surface area contributed by atoms with Gasteiger partial charge in [-0.1, -0.05) is 24.3 Å². The molecule has 3 aromatic heterocycles. The lowest BCUT2D eigenvalue weighted by Gasteiger charge is -2.17. The second kappa shape index (κ2) is 7.44. The molecule has 3 heterocycles. The highest BCUT2D eigenvalue weighted by Gasteiger charge is 2.48. The van der Waals surface area contributed by atoms with Crippen LogP contribution in [0.25, 0.3) is 27.8 Å². The summed E-state index contributed by atoms with van der Waals surface area (Å²) in [5.41, 5.74) is 5.08. The topological polar surface area (TPSA) is 80.5 Å². The monoisotopic (exact) mass is 469 g/mol. The maximum Gasteiger partial charge on any atom is 0.242 e. The van der Waals surface area contributed by atoms with Gasteiger partial charge in [0.1, 0.15) is 0 Å². The van der Waals surface area contributed by atoms with E-state index in [0.29, 0.717) is 5.78 Å². The van der Waals surface area contributed by atoms with Gasteiger partial charge in [0.15, 0.2) is 0 Å². The normalized spacial score (nSPS) is 15.3. The summed E-state index contributed by atoms with van der Waals surface area (Å²) in [4.78, 5) is 13.9. The summed E-state index contributed by atoms with van der Waals surface area (Å²) >= 11 is 0. The van der Waals surface area contributed by atoms with Gasteiger partial charge in [0.05, 0.1) is 22.3 Å². The smallest absolute Gasteiger partial charge is 0.242 e. The molecule has 0 N–H and O–H groups in total. The predicted octanol–water partition coefficient (Wildman–Crippen LogP) is 4.27. The molecule has 0 atom stereocenters. The van der Waals surface area contributed by atoms with E-state index >= 15 is 0 Å². The van der Waals surface area contributed by atoms with Gasteiger partial charge in [0.2, 0.25) is 15.8 Å². The summed E-state index contributed by atoms with van der Waals surface area (Å²) in [5.74, 6) is 0.652. The lowest BCUT2D eigenvalue weighted by Crippen LogP contribution is -2.22. The number of sulfonamides is 1. The number of hydrogen-bond acceptors (Lipinski definition) is 5. The van der Waals surface area contributed by atoms with E-state index in [9.17, 15) is 8.42 Å². The molecule has 0 aliphatic heterocycles. The molecule has 5 aromatic rings. The second-order valence-corrected chi connectivity index (χ2v) is 11.1. The van der Waals surface area contributed by atoms with Crippen molar-refractivity contribution in [2.45, 2.75) is 23.2 Å². The Labute approximate surface area is 197 Å². The molecule has 1 aliphatic carbocycles. The van der Waals surface area contributed by atoms with E-state index in [0.717, 1.165) is 40.6 Å². The van der Waals surface area contributed by atoms with E-state index in [2.05, 4.69) is 43.6 Å². The Kier molecular flexibility index (Phi) is 4.59. The van der Waals surface area contributed by atoms with Crippen LogP contribution in [0.2, 0.25) is 0 Å². The molecule has 7 nitrogen and oxygen atoms in total. The second-order valence-electron chi connectivity index (χ2n) is 8.96. The van der Waals surface area contributed by atoms with Gasteiger partial charge in [-0.3, -0.25) is 9.38 Å². The molecule has 0 unspecified atom stereocenters. The zero-order valence-corrected chi connectivity index (χ0v) is 19.7. The molecule has 2 aromatic carbocycles. The first-order chi connectivity index (χ1) is 16.4. The molecule has 1 fully saturated rings. The van der Waals surface area contributed by atoms with Gasteiger partial charge in [0, 0.05) is 49.1 Å². The average molecular weight is 470 g/mol. The SMILES string of the molecule is CN(C)S(=O)(=O)c1ccc(-c2cnc3ncc(C4(c5ccc6ncccc6c5)CC4)n3c2)cc1. The third-order valence-corrected chi connectivity index (χ3v) is 8.56. The fraction of sp³-hybridized carbons (Fsp3) is 0.192. The van der Waals surface area contributed by atoms with Gasteiger partial charge in [-0.25, -0.2) is 22.7 Å². The molecule has 0 amide bonds. The van der Waals surface area contributed by atoms with Crippen LogP contribution < -0.4 is 0 Å². The van der Waals surface area contributed by atoms with Crippen molar-refractivity contribution in [2.75, 3.05) is 14.1 Å². The summed E-state index contributed by atoms with van der Waals surface area (Å²) in [6, 6.07) is 17.4. The molecule has 1 aliphatic rings. The van der Waals surface area contributed by atoms with E-state index < -0.39 is 10.0 Å². The lowest BCUT2D eigenvalue weighted by molar-refractivity contribution is 0.521. The van der Waals surface area contributed by atoms with Crippen LogP contribution in [0, 0.1) is 0 Å². The zero-order valence-electron chi connectivity index (χ0n) is 18.9. The average Bonchev–Trinajstić information content (AvgIpc) is 3.55. The van der Waals surface area contributed by atoms with Crippen LogP contribution in [-0.2, 0) is 15.4 Å². The van der Waals surface area contributed by atoms with Crippen molar-refractivity contribution in [1.82, 2.24) is 23.7 Å². The molecule has 1 saturated carbocycles. The first kappa shape index (κ1) is 20.9. The van der Waals surface area contributed by atoms with Crippen LogP contribution in [0.15, 0.2) is 84.3 Å². The third kappa shape index (κ3) is 3.21. The van der Waals surface area contributed by atoms with E-state index in [-0.39, 0.29) is 10.3 Å². The summed E-state index contributed by atoms with van der Waals surface area (Å²) in [6.07, 6.45) is 9.67. The molecule has 8 heteroatoms. The number of nitrogens with zero attached hydrogens (tertiary/aromatic N) is 5. The van der Waals surface area contributed by atoms with Crippen LogP contribution in [0.4, 0.5) is 0 Å².